The predicted octanol–water partition coefficient (Wildman–Crippen LogP) is 7.47. The number of unbranched alkanes of at least 4 members (excludes halogenated alkanes) is 4. The van der Waals surface area contributed by atoms with Gasteiger partial charge in [-0.2, -0.15) is 0 Å². The first kappa shape index (κ1) is 25.5. The van der Waals surface area contributed by atoms with Crippen LogP contribution in [0.15, 0.2) is 48.5 Å². The van der Waals surface area contributed by atoms with Crippen molar-refractivity contribution in [1.82, 2.24) is 0 Å². The van der Waals surface area contributed by atoms with E-state index in [1.807, 2.05) is 24.3 Å². The zero-order chi connectivity index (χ0) is 24.7. The van der Waals surface area contributed by atoms with Crippen molar-refractivity contribution in [2.24, 2.45) is 17.3 Å². The lowest BCUT2D eigenvalue weighted by Crippen LogP contribution is -2.53. The molecule has 2 aromatic carbocycles. The van der Waals surface area contributed by atoms with Gasteiger partial charge in [0.1, 0.15) is 11.5 Å². The zero-order valence-electron chi connectivity index (χ0n) is 21.4. The van der Waals surface area contributed by atoms with Crippen molar-refractivity contribution in [2.75, 3.05) is 0 Å². The molecule has 0 radical (unpaired) electrons. The zero-order valence-corrected chi connectivity index (χ0v) is 21.4. The van der Waals surface area contributed by atoms with E-state index >= 15 is 0 Å². The Morgan fingerprint density at radius 1 is 0.657 bits per heavy atom. The molecule has 4 nitrogen and oxygen atoms in total. The van der Waals surface area contributed by atoms with Crippen LogP contribution >= 0.6 is 0 Å². The van der Waals surface area contributed by atoms with Crippen LogP contribution in [0, 0.1) is 17.3 Å². The number of aryl methyl sites for hydroxylation is 2. The molecule has 0 aromatic heterocycles. The molecular weight excluding hydrogens is 436 g/mol. The van der Waals surface area contributed by atoms with Crippen molar-refractivity contribution in [3.63, 3.8) is 0 Å². The summed E-state index contributed by atoms with van der Waals surface area (Å²) in [6.45, 7) is 4.41. The molecule has 0 atom stereocenters. The largest absolute Gasteiger partial charge is 0.426 e. The first-order valence-electron chi connectivity index (χ1n) is 13.6. The van der Waals surface area contributed by atoms with Crippen molar-refractivity contribution in [3.8, 4) is 11.5 Å². The molecule has 0 bridgehead atoms. The summed E-state index contributed by atoms with van der Waals surface area (Å²) < 4.78 is 11.2. The van der Waals surface area contributed by atoms with Crippen molar-refractivity contribution < 1.29 is 19.1 Å². The number of rotatable bonds is 12. The minimum atomic E-state index is -0.139. The Morgan fingerprint density at radius 2 is 1.03 bits per heavy atom. The summed E-state index contributed by atoms with van der Waals surface area (Å²) >= 11 is 0. The molecule has 35 heavy (non-hydrogen) atoms. The molecule has 2 aliphatic carbocycles. The third-order valence-corrected chi connectivity index (χ3v) is 7.81. The minimum absolute atomic E-state index is 0.0588. The van der Waals surface area contributed by atoms with Gasteiger partial charge in [-0.05, 0) is 92.2 Å². The second-order valence-electron chi connectivity index (χ2n) is 10.8. The fourth-order valence-corrected chi connectivity index (χ4v) is 5.64. The topological polar surface area (TPSA) is 52.6 Å². The Morgan fingerprint density at radius 3 is 1.37 bits per heavy atom. The number of benzene rings is 2. The number of carbonyl (C=O) groups is 2. The van der Waals surface area contributed by atoms with E-state index in [9.17, 15) is 9.59 Å². The lowest BCUT2D eigenvalue weighted by atomic mass is 9.48. The van der Waals surface area contributed by atoms with Gasteiger partial charge in [-0.1, -0.05) is 63.8 Å². The predicted molar refractivity (Wildman–Crippen MR) is 138 cm³/mol. The van der Waals surface area contributed by atoms with Gasteiger partial charge in [0, 0.05) is 0 Å². The van der Waals surface area contributed by atoms with Crippen LogP contribution in [0.25, 0.3) is 0 Å². The fraction of sp³-hybridized carbons (Fsp3) is 0.548. The molecule has 0 heterocycles. The van der Waals surface area contributed by atoms with Crippen LogP contribution in [0.3, 0.4) is 0 Å². The van der Waals surface area contributed by atoms with Crippen molar-refractivity contribution in [2.45, 2.75) is 90.9 Å². The van der Waals surface area contributed by atoms with Gasteiger partial charge in [0.05, 0.1) is 11.8 Å². The molecular formula is C31H40O4. The summed E-state index contributed by atoms with van der Waals surface area (Å²) in [5.41, 5.74) is 2.70. The summed E-state index contributed by atoms with van der Waals surface area (Å²) in [6, 6.07) is 15.8. The van der Waals surface area contributed by atoms with E-state index in [1.54, 1.807) is 0 Å². The molecule has 0 aliphatic heterocycles. The maximum atomic E-state index is 12.6. The molecule has 2 aliphatic rings. The average molecular weight is 477 g/mol. The molecule has 4 rings (SSSR count). The highest BCUT2D eigenvalue weighted by Crippen LogP contribution is 2.61. The van der Waals surface area contributed by atoms with Crippen molar-refractivity contribution in [3.05, 3.63) is 59.7 Å². The van der Waals surface area contributed by atoms with Crippen LogP contribution in [-0.4, -0.2) is 11.9 Å². The van der Waals surface area contributed by atoms with Gasteiger partial charge in [0.15, 0.2) is 0 Å². The normalized spacial score (nSPS) is 22.8. The van der Waals surface area contributed by atoms with Crippen molar-refractivity contribution >= 4 is 11.9 Å². The molecule has 1 spiro atoms. The Labute approximate surface area is 210 Å². The van der Waals surface area contributed by atoms with Crippen molar-refractivity contribution in [1.29, 1.82) is 0 Å². The molecule has 2 aromatic rings. The SMILES string of the molecule is CCCCCc1ccc(OC(=O)C2CC3(C2)CC(C(=O)Oc2ccc(CCCCC)cc2)C3)cc1. The second kappa shape index (κ2) is 11.9. The molecule has 188 valence electrons. The van der Waals surface area contributed by atoms with Crippen LogP contribution < -0.4 is 9.47 Å². The molecule has 0 amide bonds. The molecule has 0 unspecified atom stereocenters. The molecule has 0 saturated heterocycles. The quantitative estimate of drug-likeness (QED) is 0.181. The van der Waals surface area contributed by atoms with E-state index in [0.717, 1.165) is 38.5 Å². The maximum Gasteiger partial charge on any atom is 0.314 e. The van der Waals surface area contributed by atoms with Gasteiger partial charge in [-0.25, -0.2) is 0 Å². The molecule has 2 fully saturated rings. The van der Waals surface area contributed by atoms with Crippen LogP contribution in [0.1, 0.15) is 89.2 Å². The van der Waals surface area contributed by atoms with Crippen LogP contribution in [0.4, 0.5) is 0 Å². The van der Waals surface area contributed by atoms with E-state index in [1.165, 1.54) is 49.7 Å². The van der Waals surface area contributed by atoms with E-state index in [0.29, 0.717) is 11.5 Å². The summed E-state index contributed by atoms with van der Waals surface area (Å²) in [4.78, 5) is 25.1. The maximum absolute atomic E-state index is 12.6. The van der Waals surface area contributed by atoms with E-state index in [-0.39, 0.29) is 29.2 Å². The lowest BCUT2D eigenvalue weighted by Gasteiger charge is -2.55. The molecule has 4 heteroatoms. The number of hydrogen-bond donors (Lipinski definition) is 0. The molecule has 0 N–H and O–H groups in total. The third-order valence-electron chi connectivity index (χ3n) is 7.81. The van der Waals surface area contributed by atoms with Gasteiger partial charge < -0.3 is 9.47 Å². The van der Waals surface area contributed by atoms with Gasteiger partial charge in [-0.3, -0.25) is 9.59 Å². The van der Waals surface area contributed by atoms with Crippen LogP contribution in [-0.2, 0) is 22.4 Å². The number of hydrogen-bond acceptors (Lipinski definition) is 4. The summed E-state index contributed by atoms with van der Waals surface area (Å²) in [5.74, 6) is 0.856. The highest BCUT2D eigenvalue weighted by atomic mass is 16.5. The summed E-state index contributed by atoms with van der Waals surface area (Å²) in [6.07, 6.45) is 12.7. The first-order chi connectivity index (χ1) is 17.0. The second-order valence-corrected chi connectivity index (χ2v) is 10.8. The lowest BCUT2D eigenvalue weighted by molar-refractivity contribution is -0.164. The van der Waals surface area contributed by atoms with Gasteiger partial charge in [0.25, 0.3) is 0 Å². The Balaban J connectivity index is 1.15. The highest BCUT2D eigenvalue weighted by Gasteiger charge is 2.57. The smallest absolute Gasteiger partial charge is 0.314 e. The van der Waals surface area contributed by atoms with E-state index in [2.05, 4.69) is 38.1 Å². The minimum Gasteiger partial charge on any atom is -0.426 e. The average Bonchev–Trinajstić information content (AvgIpc) is 2.80. The Bertz CT molecular complexity index is 879. The number of carbonyl (C=O) groups excluding carboxylic acids is 2. The summed E-state index contributed by atoms with van der Waals surface area (Å²) in [5, 5.41) is 0. The van der Waals surface area contributed by atoms with E-state index < -0.39 is 0 Å². The highest BCUT2D eigenvalue weighted by molar-refractivity contribution is 5.79. The van der Waals surface area contributed by atoms with Gasteiger partial charge in [0.2, 0.25) is 0 Å². The van der Waals surface area contributed by atoms with Crippen LogP contribution in [0.2, 0.25) is 0 Å². The van der Waals surface area contributed by atoms with Gasteiger partial charge >= 0.3 is 11.9 Å². The monoisotopic (exact) mass is 476 g/mol. The first-order valence-corrected chi connectivity index (χ1v) is 13.6. The third kappa shape index (κ3) is 6.74. The Kier molecular flexibility index (Phi) is 8.64. The van der Waals surface area contributed by atoms with E-state index in [4.69, 9.17) is 9.47 Å². The standard InChI is InChI=1S/C31H40O4/c1-3-5-7-9-23-11-15-27(16-12-23)34-29(32)25-19-31(20-25)21-26(22-31)30(33)35-28-17-13-24(14-18-28)10-8-6-4-2/h11-18,25-26H,3-10,19-22H2,1-2H3. The van der Waals surface area contributed by atoms with Gasteiger partial charge in [-0.15, -0.1) is 0 Å². The fourth-order valence-electron chi connectivity index (χ4n) is 5.64. The number of esters is 2. The number of ether oxygens (including phenoxy) is 2. The molecule has 2 saturated carbocycles. The Hall–Kier alpha value is -2.62. The summed E-state index contributed by atoms with van der Waals surface area (Å²) in [7, 11) is 0. The van der Waals surface area contributed by atoms with Crippen LogP contribution in [0.5, 0.6) is 11.5 Å².